The lowest BCUT2D eigenvalue weighted by Crippen LogP contribution is -2.22. The zero-order valence-electron chi connectivity index (χ0n) is 19.3. The van der Waals surface area contributed by atoms with Gasteiger partial charge >= 0.3 is 0 Å². The number of aryl methyl sites for hydroxylation is 1. The van der Waals surface area contributed by atoms with Gasteiger partial charge in [-0.2, -0.15) is 0 Å². The number of aromatic nitrogens is 1. The van der Waals surface area contributed by atoms with Crippen molar-refractivity contribution in [2.45, 2.75) is 97.4 Å². The highest BCUT2D eigenvalue weighted by atomic mass is 16.6. The number of nitrogens with zero attached hydrogens (tertiary/aromatic N) is 1. The molecular weight excluding hydrogens is 370 g/mol. The van der Waals surface area contributed by atoms with Crippen molar-refractivity contribution in [2.24, 2.45) is 5.92 Å². The number of hydrogen-bond acceptors (Lipinski definition) is 3. The van der Waals surface area contributed by atoms with Crippen molar-refractivity contribution in [1.29, 1.82) is 0 Å². The first kappa shape index (κ1) is 22.8. The molecule has 0 bridgehead atoms. The predicted octanol–water partition coefficient (Wildman–Crippen LogP) is 7.23. The van der Waals surface area contributed by atoms with Gasteiger partial charge in [0.2, 0.25) is 0 Å². The average molecular weight is 410 g/mol. The van der Waals surface area contributed by atoms with Crippen molar-refractivity contribution in [1.82, 2.24) is 4.98 Å². The molecule has 2 aromatic rings. The normalized spacial score (nSPS) is 19.1. The van der Waals surface area contributed by atoms with Crippen LogP contribution in [-0.2, 0) is 11.2 Å². The van der Waals surface area contributed by atoms with E-state index in [2.05, 4.69) is 56.9 Å². The van der Waals surface area contributed by atoms with Gasteiger partial charge in [-0.3, -0.25) is 4.98 Å². The third kappa shape index (κ3) is 6.84. The average Bonchev–Trinajstić information content (AvgIpc) is 3.56. The number of epoxide rings is 1. The van der Waals surface area contributed by atoms with Gasteiger partial charge in [0.05, 0.1) is 11.8 Å². The summed E-state index contributed by atoms with van der Waals surface area (Å²) < 4.78 is 11.8. The van der Waals surface area contributed by atoms with E-state index in [1.165, 1.54) is 50.5 Å². The summed E-state index contributed by atoms with van der Waals surface area (Å²) in [7, 11) is 0. The minimum absolute atomic E-state index is 0.0762. The molecule has 30 heavy (non-hydrogen) atoms. The number of rotatable bonds is 13. The Labute approximate surface area is 183 Å². The molecule has 0 radical (unpaired) electrons. The second-order valence-electron chi connectivity index (χ2n) is 9.08. The Morgan fingerprint density at radius 2 is 1.57 bits per heavy atom. The van der Waals surface area contributed by atoms with Crippen LogP contribution in [0.5, 0.6) is 5.75 Å². The molecule has 1 aliphatic rings. The van der Waals surface area contributed by atoms with Crippen molar-refractivity contribution >= 4 is 0 Å². The quantitative estimate of drug-likeness (QED) is 0.258. The first-order chi connectivity index (χ1) is 14.6. The molecule has 1 saturated heterocycles. The molecule has 3 atom stereocenters. The minimum Gasteiger partial charge on any atom is -0.488 e. The molecule has 1 aromatic heterocycles. The molecular formula is C27H39NO2. The number of hydrogen-bond donors (Lipinski definition) is 0. The zero-order valence-corrected chi connectivity index (χ0v) is 19.3. The molecule has 3 heteroatoms. The van der Waals surface area contributed by atoms with E-state index in [4.69, 9.17) is 9.47 Å². The van der Waals surface area contributed by atoms with Gasteiger partial charge in [-0.05, 0) is 61.6 Å². The highest BCUT2D eigenvalue weighted by Gasteiger charge is 2.46. The van der Waals surface area contributed by atoms with Crippen molar-refractivity contribution in [3.05, 3.63) is 48.2 Å². The smallest absolute Gasteiger partial charge is 0.125 e. The topological polar surface area (TPSA) is 34.6 Å². The van der Waals surface area contributed by atoms with Crippen molar-refractivity contribution < 1.29 is 9.47 Å². The molecule has 0 amide bonds. The Hall–Kier alpha value is -1.87. The second-order valence-corrected chi connectivity index (χ2v) is 9.08. The van der Waals surface area contributed by atoms with Crippen LogP contribution in [0.25, 0.3) is 11.3 Å². The SMILES string of the molecule is CCCCCCCCCc1ccc(-c2ccc(O[C@H](C)[C@@H]3O[C@H]3C(C)C)cc2)nc1. The van der Waals surface area contributed by atoms with Gasteiger partial charge in [0.15, 0.2) is 0 Å². The van der Waals surface area contributed by atoms with Crippen LogP contribution in [0.1, 0.15) is 78.2 Å². The molecule has 0 N–H and O–H groups in total. The van der Waals surface area contributed by atoms with Gasteiger partial charge in [0.25, 0.3) is 0 Å². The lowest BCUT2D eigenvalue weighted by Gasteiger charge is -2.13. The van der Waals surface area contributed by atoms with Crippen LogP contribution in [-0.4, -0.2) is 23.3 Å². The molecule has 1 aromatic carbocycles. The maximum atomic E-state index is 6.07. The van der Waals surface area contributed by atoms with Gasteiger partial charge in [-0.25, -0.2) is 0 Å². The molecule has 3 nitrogen and oxygen atoms in total. The van der Waals surface area contributed by atoms with Crippen LogP contribution in [0.3, 0.4) is 0 Å². The van der Waals surface area contributed by atoms with E-state index in [0.29, 0.717) is 12.0 Å². The zero-order chi connectivity index (χ0) is 21.3. The van der Waals surface area contributed by atoms with E-state index in [9.17, 15) is 0 Å². The van der Waals surface area contributed by atoms with E-state index >= 15 is 0 Å². The summed E-state index contributed by atoms with van der Waals surface area (Å²) >= 11 is 0. The third-order valence-electron chi connectivity index (χ3n) is 6.05. The van der Waals surface area contributed by atoms with Gasteiger partial charge in [-0.1, -0.05) is 65.4 Å². The summed E-state index contributed by atoms with van der Waals surface area (Å²) in [6.07, 6.45) is 13.2. The first-order valence-corrected chi connectivity index (χ1v) is 12.0. The Kier molecular flexibility index (Phi) is 8.74. The molecule has 1 fully saturated rings. The molecule has 0 unspecified atom stereocenters. The number of unbranched alkanes of at least 4 members (excludes halogenated alkanes) is 6. The highest BCUT2D eigenvalue weighted by molar-refractivity contribution is 5.60. The Balaban J connectivity index is 1.42. The molecule has 2 heterocycles. The summed E-state index contributed by atoms with van der Waals surface area (Å²) in [6, 6.07) is 12.6. The monoisotopic (exact) mass is 409 g/mol. The van der Waals surface area contributed by atoms with Crippen LogP contribution in [0.15, 0.2) is 42.6 Å². The molecule has 3 rings (SSSR count). The molecule has 0 aliphatic carbocycles. The van der Waals surface area contributed by atoms with E-state index in [1.807, 2.05) is 18.3 Å². The molecule has 164 valence electrons. The van der Waals surface area contributed by atoms with Gasteiger partial charge in [0.1, 0.15) is 18.0 Å². The second kappa shape index (κ2) is 11.5. The summed E-state index contributed by atoms with van der Waals surface area (Å²) in [5.74, 6) is 1.43. The largest absolute Gasteiger partial charge is 0.488 e. The number of pyridine rings is 1. The Morgan fingerprint density at radius 3 is 2.17 bits per heavy atom. The summed E-state index contributed by atoms with van der Waals surface area (Å²) in [5, 5.41) is 0. The van der Waals surface area contributed by atoms with Crippen molar-refractivity contribution in [2.75, 3.05) is 0 Å². The fraction of sp³-hybridized carbons (Fsp3) is 0.593. The lowest BCUT2D eigenvalue weighted by atomic mass is 10.0. The van der Waals surface area contributed by atoms with Gasteiger partial charge < -0.3 is 9.47 Å². The lowest BCUT2D eigenvalue weighted by molar-refractivity contribution is 0.175. The van der Waals surface area contributed by atoms with E-state index in [0.717, 1.165) is 23.4 Å². The number of ether oxygens (including phenoxy) is 2. The Bertz CT molecular complexity index is 738. The number of benzene rings is 1. The fourth-order valence-electron chi connectivity index (χ4n) is 4.07. The third-order valence-corrected chi connectivity index (χ3v) is 6.05. The summed E-state index contributed by atoms with van der Waals surface area (Å²) in [5.41, 5.74) is 3.48. The van der Waals surface area contributed by atoms with E-state index < -0.39 is 0 Å². The van der Waals surface area contributed by atoms with Crippen LogP contribution >= 0.6 is 0 Å². The van der Waals surface area contributed by atoms with Crippen LogP contribution in [0.2, 0.25) is 0 Å². The standard InChI is InChI=1S/C27H39NO2/c1-5-6-7-8-9-10-11-12-22-13-18-25(28-19-22)23-14-16-24(17-15-23)29-21(4)27-26(30-27)20(2)3/h13-21,26-27H,5-12H2,1-4H3/t21-,26+,27+/m1/s1. The molecule has 0 saturated carbocycles. The van der Waals surface area contributed by atoms with Crippen LogP contribution in [0, 0.1) is 5.92 Å². The predicted molar refractivity (Wildman–Crippen MR) is 125 cm³/mol. The summed E-state index contributed by atoms with van der Waals surface area (Å²) in [6.45, 7) is 8.75. The van der Waals surface area contributed by atoms with Gasteiger partial charge in [-0.15, -0.1) is 0 Å². The van der Waals surface area contributed by atoms with E-state index in [-0.39, 0.29) is 12.2 Å². The van der Waals surface area contributed by atoms with Crippen LogP contribution < -0.4 is 4.74 Å². The maximum Gasteiger partial charge on any atom is 0.125 e. The molecule has 1 aliphatic heterocycles. The summed E-state index contributed by atoms with van der Waals surface area (Å²) in [4.78, 5) is 4.69. The van der Waals surface area contributed by atoms with Crippen molar-refractivity contribution in [3.63, 3.8) is 0 Å². The van der Waals surface area contributed by atoms with Gasteiger partial charge in [0, 0.05) is 11.8 Å². The maximum absolute atomic E-state index is 6.07. The van der Waals surface area contributed by atoms with Crippen molar-refractivity contribution in [3.8, 4) is 17.0 Å². The molecule has 0 spiro atoms. The van der Waals surface area contributed by atoms with E-state index in [1.54, 1.807) is 0 Å². The Morgan fingerprint density at radius 1 is 0.867 bits per heavy atom. The minimum atomic E-state index is 0.0762. The highest BCUT2D eigenvalue weighted by Crippen LogP contribution is 2.33. The van der Waals surface area contributed by atoms with Crippen LogP contribution in [0.4, 0.5) is 0 Å². The first-order valence-electron chi connectivity index (χ1n) is 12.0. The fourth-order valence-corrected chi connectivity index (χ4v) is 4.07.